The number of hydrogen-bond donors (Lipinski definition) is 1. The van der Waals surface area contributed by atoms with Gasteiger partial charge in [0.25, 0.3) is 0 Å². The summed E-state index contributed by atoms with van der Waals surface area (Å²) in [4.78, 5) is 0. The van der Waals surface area contributed by atoms with Gasteiger partial charge in [0.2, 0.25) is 0 Å². The highest BCUT2D eigenvalue weighted by atomic mass is 32.2. The summed E-state index contributed by atoms with van der Waals surface area (Å²) < 4.78 is 23.5. The normalized spacial score (nSPS) is 44.7. The van der Waals surface area contributed by atoms with E-state index >= 15 is 0 Å². The van der Waals surface area contributed by atoms with Crippen LogP contribution >= 0.6 is 0 Å². The van der Waals surface area contributed by atoms with Gasteiger partial charge >= 0.3 is 0 Å². The highest BCUT2D eigenvalue weighted by molar-refractivity contribution is 7.91. The van der Waals surface area contributed by atoms with Crippen molar-refractivity contribution in [2.45, 2.75) is 52.1 Å². The largest absolute Gasteiger partial charge is 0.388 e. The first-order chi connectivity index (χ1) is 8.53. The van der Waals surface area contributed by atoms with Crippen LogP contribution in [-0.4, -0.2) is 30.6 Å². The van der Waals surface area contributed by atoms with E-state index in [2.05, 4.69) is 26.8 Å². The molecule has 1 saturated heterocycles. The van der Waals surface area contributed by atoms with Crippen LogP contribution in [-0.2, 0) is 9.84 Å². The first kappa shape index (κ1) is 14.8. The number of rotatable bonds is 1. The second kappa shape index (κ2) is 4.20. The van der Waals surface area contributed by atoms with Crippen molar-refractivity contribution >= 4 is 9.84 Å². The second-order valence-corrected chi connectivity index (χ2v) is 9.61. The van der Waals surface area contributed by atoms with Crippen molar-refractivity contribution < 1.29 is 13.5 Å². The Morgan fingerprint density at radius 2 is 1.95 bits per heavy atom. The number of aliphatic hydroxyl groups is 1. The highest BCUT2D eigenvalue weighted by Gasteiger charge is 2.60. The molecule has 0 aromatic heterocycles. The quantitative estimate of drug-likeness (QED) is 0.798. The standard InChI is InChI=1S/C14H23NO3S/c1-11-6-12(2,3)8-14(16,7-11)13(9-15)4-5-19(17,18)10-13/h11,16H,4-8,10H2,1-3H3. The van der Waals surface area contributed by atoms with Gasteiger partial charge in [-0.3, -0.25) is 0 Å². The Morgan fingerprint density at radius 3 is 2.37 bits per heavy atom. The minimum Gasteiger partial charge on any atom is -0.388 e. The van der Waals surface area contributed by atoms with Crippen molar-refractivity contribution in [3.8, 4) is 6.07 Å². The van der Waals surface area contributed by atoms with E-state index in [0.29, 0.717) is 18.8 Å². The lowest BCUT2D eigenvalue weighted by Crippen LogP contribution is -2.54. The van der Waals surface area contributed by atoms with Gasteiger partial charge in [0.1, 0.15) is 5.41 Å². The monoisotopic (exact) mass is 285 g/mol. The van der Waals surface area contributed by atoms with Gasteiger partial charge in [0, 0.05) is 0 Å². The summed E-state index contributed by atoms with van der Waals surface area (Å²) in [6.45, 7) is 6.24. The van der Waals surface area contributed by atoms with Crippen LogP contribution in [0.3, 0.4) is 0 Å². The summed E-state index contributed by atoms with van der Waals surface area (Å²) in [6, 6.07) is 2.17. The molecular weight excluding hydrogens is 262 g/mol. The first-order valence-corrected chi connectivity index (χ1v) is 8.69. The van der Waals surface area contributed by atoms with E-state index < -0.39 is 20.9 Å². The van der Waals surface area contributed by atoms with Crippen molar-refractivity contribution in [3.63, 3.8) is 0 Å². The van der Waals surface area contributed by atoms with Crippen molar-refractivity contribution in [3.05, 3.63) is 0 Å². The summed E-state index contributed by atoms with van der Waals surface area (Å²) in [6.07, 6.45) is 2.31. The van der Waals surface area contributed by atoms with Gasteiger partial charge in [-0.25, -0.2) is 8.42 Å². The van der Waals surface area contributed by atoms with Gasteiger partial charge in [-0.05, 0) is 37.0 Å². The molecule has 0 aromatic rings. The number of hydrogen-bond acceptors (Lipinski definition) is 4. The Bertz CT molecular complexity index is 519. The van der Waals surface area contributed by atoms with Gasteiger partial charge in [0.05, 0.1) is 23.2 Å². The number of nitriles is 1. The molecule has 1 saturated carbocycles. The van der Waals surface area contributed by atoms with E-state index in [0.717, 1.165) is 6.42 Å². The average Bonchev–Trinajstić information content (AvgIpc) is 2.52. The molecule has 1 aliphatic heterocycles. The maximum atomic E-state index is 11.8. The summed E-state index contributed by atoms with van der Waals surface area (Å²) >= 11 is 0. The van der Waals surface area contributed by atoms with Crippen molar-refractivity contribution in [1.29, 1.82) is 5.26 Å². The Morgan fingerprint density at radius 1 is 1.32 bits per heavy atom. The lowest BCUT2D eigenvalue weighted by molar-refractivity contribution is -0.117. The predicted molar refractivity (Wildman–Crippen MR) is 73.1 cm³/mol. The lowest BCUT2D eigenvalue weighted by atomic mass is 9.57. The lowest BCUT2D eigenvalue weighted by Gasteiger charge is -2.50. The first-order valence-electron chi connectivity index (χ1n) is 6.87. The molecule has 2 aliphatic rings. The van der Waals surface area contributed by atoms with Gasteiger partial charge in [-0.1, -0.05) is 20.8 Å². The van der Waals surface area contributed by atoms with Gasteiger partial charge in [-0.15, -0.1) is 0 Å². The molecule has 0 amide bonds. The fourth-order valence-electron chi connectivity index (χ4n) is 4.30. The molecule has 2 fully saturated rings. The van der Waals surface area contributed by atoms with Crippen LogP contribution in [0.1, 0.15) is 46.5 Å². The molecule has 1 heterocycles. The van der Waals surface area contributed by atoms with Crippen molar-refractivity contribution in [2.75, 3.05) is 11.5 Å². The van der Waals surface area contributed by atoms with Crippen LogP contribution in [0.2, 0.25) is 0 Å². The SMILES string of the molecule is CC1CC(C)(C)CC(O)(C2(C#N)CCS(=O)(=O)C2)C1. The molecule has 0 aromatic carbocycles. The molecule has 2 rings (SSSR count). The maximum Gasteiger partial charge on any atom is 0.152 e. The summed E-state index contributed by atoms with van der Waals surface area (Å²) in [5.41, 5.74) is -2.34. The third-order valence-electron chi connectivity index (χ3n) is 4.77. The van der Waals surface area contributed by atoms with E-state index in [1.165, 1.54) is 0 Å². The van der Waals surface area contributed by atoms with E-state index in [1.54, 1.807) is 0 Å². The van der Waals surface area contributed by atoms with E-state index in [1.807, 2.05) is 0 Å². The second-order valence-electron chi connectivity index (χ2n) is 7.42. The molecule has 0 bridgehead atoms. The van der Waals surface area contributed by atoms with E-state index in [-0.39, 0.29) is 23.3 Å². The fourth-order valence-corrected chi connectivity index (χ4v) is 6.33. The van der Waals surface area contributed by atoms with Crippen molar-refractivity contribution in [2.24, 2.45) is 16.7 Å². The predicted octanol–water partition coefficient (Wildman–Crippen LogP) is 1.89. The van der Waals surface area contributed by atoms with Crippen LogP contribution in [0.4, 0.5) is 0 Å². The Labute approximate surface area is 115 Å². The zero-order chi connectivity index (χ0) is 14.5. The molecule has 108 valence electrons. The highest BCUT2D eigenvalue weighted by Crippen LogP contribution is 2.54. The van der Waals surface area contributed by atoms with E-state index in [4.69, 9.17) is 0 Å². The van der Waals surface area contributed by atoms with Crippen LogP contribution in [0.5, 0.6) is 0 Å². The minimum absolute atomic E-state index is 0.0255. The average molecular weight is 285 g/mol. The topological polar surface area (TPSA) is 78.2 Å². The molecule has 1 N–H and O–H groups in total. The molecule has 3 atom stereocenters. The smallest absolute Gasteiger partial charge is 0.152 e. The van der Waals surface area contributed by atoms with Gasteiger partial charge in [0.15, 0.2) is 9.84 Å². The van der Waals surface area contributed by atoms with Crippen LogP contribution in [0, 0.1) is 28.1 Å². The molecule has 19 heavy (non-hydrogen) atoms. The van der Waals surface area contributed by atoms with Crippen LogP contribution in [0.15, 0.2) is 0 Å². The molecule has 0 spiro atoms. The molecule has 3 unspecified atom stereocenters. The van der Waals surface area contributed by atoms with E-state index in [9.17, 15) is 18.8 Å². The molecular formula is C14H23NO3S. The molecule has 1 aliphatic carbocycles. The zero-order valence-electron chi connectivity index (χ0n) is 11.9. The molecule has 0 radical (unpaired) electrons. The fraction of sp³-hybridized carbons (Fsp3) is 0.929. The van der Waals surface area contributed by atoms with Crippen LogP contribution < -0.4 is 0 Å². The minimum atomic E-state index is -3.19. The summed E-state index contributed by atoms with van der Waals surface area (Å²) in [7, 11) is -3.19. The third kappa shape index (κ3) is 2.53. The third-order valence-corrected chi connectivity index (χ3v) is 6.53. The molecule has 5 heteroatoms. The summed E-state index contributed by atoms with van der Waals surface area (Å²) in [5, 5.41) is 20.6. The zero-order valence-corrected chi connectivity index (χ0v) is 12.8. The van der Waals surface area contributed by atoms with Crippen molar-refractivity contribution in [1.82, 2.24) is 0 Å². The van der Waals surface area contributed by atoms with Gasteiger partial charge in [-0.2, -0.15) is 5.26 Å². The number of nitrogens with zero attached hydrogens (tertiary/aromatic N) is 1. The van der Waals surface area contributed by atoms with Crippen LogP contribution in [0.25, 0.3) is 0 Å². The summed E-state index contributed by atoms with van der Waals surface area (Å²) in [5.74, 6) is 0.148. The Balaban J connectivity index is 2.41. The number of sulfone groups is 1. The Kier molecular flexibility index (Phi) is 3.27. The Hall–Kier alpha value is -0.600. The maximum absolute atomic E-state index is 11.8. The van der Waals surface area contributed by atoms with Gasteiger partial charge < -0.3 is 5.11 Å². The molecule has 4 nitrogen and oxygen atoms in total.